The van der Waals surface area contributed by atoms with Crippen molar-refractivity contribution >= 4 is 27.8 Å². The highest BCUT2D eigenvalue weighted by Crippen LogP contribution is 2.29. The van der Waals surface area contributed by atoms with Gasteiger partial charge in [-0.15, -0.1) is 0 Å². The van der Waals surface area contributed by atoms with Crippen LogP contribution in [-0.4, -0.2) is 51.7 Å². The molecule has 2 aromatic rings. The number of carbonyl (C=O) groups is 2. The van der Waals surface area contributed by atoms with Crippen LogP contribution in [0.2, 0.25) is 0 Å². The predicted molar refractivity (Wildman–Crippen MR) is 100 cm³/mol. The maximum absolute atomic E-state index is 12.8. The van der Waals surface area contributed by atoms with Crippen molar-refractivity contribution in [3.05, 3.63) is 39.9 Å². The molecule has 1 fully saturated rings. The zero-order valence-electron chi connectivity index (χ0n) is 15.2. The molecule has 0 bridgehead atoms. The van der Waals surface area contributed by atoms with E-state index in [0.717, 1.165) is 23.0 Å². The molecule has 3 rings (SSSR count). The average Bonchev–Trinajstić information content (AvgIpc) is 3.27. The average molecular weight is 423 g/mol. The Kier molecular flexibility index (Phi) is 5.50. The lowest BCUT2D eigenvalue weighted by Crippen LogP contribution is -2.39. The molecule has 140 valence electrons. The fourth-order valence-electron chi connectivity index (χ4n) is 3.35. The van der Waals surface area contributed by atoms with Crippen LogP contribution < -0.4 is 0 Å². The van der Waals surface area contributed by atoms with E-state index >= 15 is 0 Å². The fraction of sp³-hybridized carbons (Fsp3) is 0.500. The lowest BCUT2D eigenvalue weighted by molar-refractivity contribution is 0.0572. The van der Waals surface area contributed by atoms with Crippen molar-refractivity contribution in [3.8, 4) is 0 Å². The standard InChI is InChI=1S/C18H23BrN4O3/c1-11(2)15-14(19)16(21-20-15)17(24)22-9-6-12(7-10-22)23-8-4-5-13(23)18(25)26-3/h4-5,8,11-12H,6-7,9-10H2,1-3H3,(H,20,21). The van der Waals surface area contributed by atoms with E-state index in [4.69, 9.17) is 4.74 Å². The molecule has 0 atom stereocenters. The van der Waals surface area contributed by atoms with Gasteiger partial charge < -0.3 is 14.2 Å². The molecular weight excluding hydrogens is 400 g/mol. The van der Waals surface area contributed by atoms with Crippen molar-refractivity contribution in [2.24, 2.45) is 0 Å². The second-order valence-electron chi connectivity index (χ2n) is 6.77. The van der Waals surface area contributed by atoms with E-state index < -0.39 is 0 Å². The van der Waals surface area contributed by atoms with E-state index in [2.05, 4.69) is 26.1 Å². The SMILES string of the molecule is COC(=O)c1cccn1C1CCN(C(=O)c2n[nH]c(C(C)C)c2Br)CC1. The number of ether oxygens (including phenoxy) is 1. The Morgan fingerprint density at radius 3 is 2.62 bits per heavy atom. The first-order valence-corrected chi connectivity index (χ1v) is 9.51. The van der Waals surface area contributed by atoms with Crippen molar-refractivity contribution in [2.75, 3.05) is 20.2 Å². The first-order chi connectivity index (χ1) is 12.4. The quantitative estimate of drug-likeness (QED) is 0.765. The summed E-state index contributed by atoms with van der Waals surface area (Å²) in [4.78, 5) is 26.5. The normalized spacial score (nSPS) is 15.5. The van der Waals surface area contributed by atoms with E-state index in [1.54, 1.807) is 6.07 Å². The second-order valence-corrected chi connectivity index (χ2v) is 7.56. The number of hydrogen-bond acceptors (Lipinski definition) is 4. The largest absolute Gasteiger partial charge is 0.464 e. The highest BCUT2D eigenvalue weighted by atomic mass is 79.9. The maximum atomic E-state index is 12.8. The zero-order valence-corrected chi connectivity index (χ0v) is 16.7. The molecule has 0 aromatic carbocycles. The van der Waals surface area contributed by atoms with Crippen LogP contribution in [0.1, 0.15) is 65.3 Å². The smallest absolute Gasteiger partial charge is 0.354 e. The molecule has 2 aromatic heterocycles. The lowest BCUT2D eigenvalue weighted by atomic mass is 10.0. The van der Waals surface area contributed by atoms with Crippen LogP contribution >= 0.6 is 15.9 Å². The molecule has 7 nitrogen and oxygen atoms in total. The molecule has 0 radical (unpaired) electrons. The highest BCUT2D eigenvalue weighted by Gasteiger charge is 2.29. The molecule has 0 spiro atoms. The van der Waals surface area contributed by atoms with E-state index in [-0.39, 0.29) is 23.8 Å². The Labute approximate surface area is 160 Å². The third-order valence-electron chi connectivity index (χ3n) is 4.83. The maximum Gasteiger partial charge on any atom is 0.354 e. The van der Waals surface area contributed by atoms with Gasteiger partial charge in [0.1, 0.15) is 5.69 Å². The Hall–Kier alpha value is -2.09. The van der Waals surface area contributed by atoms with E-state index in [1.165, 1.54) is 7.11 Å². The first kappa shape index (κ1) is 18.7. The van der Waals surface area contributed by atoms with Crippen LogP contribution in [0.25, 0.3) is 0 Å². The molecule has 1 aliphatic rings. The van der Waals surface area contributed by atoms with Crippen LogP contribution in [0.5, 0.6) is 0 Å². The Morgan fingerprint density at radius 2 is 2.04 bits per heavy atom. The van der Waals surface area contributed by atoms with Gasteiger partial charge in [-0.25, -0.2) is 4.79 Å². The highest BCUT2D eigenvalue weighted by molar-refractivity contribution is 9.10. The lowest BCUT2D eigenvalue weighted by Gasteiger charge is -2.33. The molecule has 1 aliphatic heterocycles. The topological polar surface area (TPSA) is 80.2 Å². The van der Waals surface area contributed by atoms with Gasteiger partial charge in [-0.1, -0.05) is 13.8 Å². The minimum Gasteiger partial charge on any atom is -0.464 e. The number of methoxy groups -OCH3 is 1. The number of rotatable bonds is 4. The summed E-state index contributed by atoms with van der Waals surface area (Å²) in [6.07, 6.45) is 3.46. The summed E-state index contributed by atoms with van der Waals surface area (Å²) in [6, 6.07) is 3.78. The number of nitrogens with zero attached hydrogens (tertiary/aromatic N) is 3. The van der Waals surface area contributed by atoms with Crippen LogP contribution in [0, 0.1) is 0 Å². The summed E-state index contributed by atoms with van der Waals surface area (Å²) in [6.45, 7) is 5.35. The molecule has 0 aliphatic carbocycles. The Balaban J connectivity index is 1.68. The van der Waals surface area contributed by atoms with Gasteiger partial charge in [-0.3, -0.25) is 9.89 Å². The van der Waals surface area contributed by atoms with Crippen molar-refractivity contribution in [3.63, 3.8) is 0 Å². The van der Waals surface area contributed by atoms with Crippen LogP contribution in [-0.2, 0) is 4.74 Å². The molecule has 8 heteroatoms. The molecule has 26 heavy (non-hydrogen) atoms. The number of nitrogens with one attached hydrogen (secondary N) is 1. The van der Waals surface area contributed by atoms with Crippen LogP contribution in [0.3, 0.4) is 0 Å². The molecular formula is C18H23BrN4O3. The van der Waals surface area contributed by atoms with Crippen molar-refractivity contribution < 1.29 is 14.3 Å². The van der Waals surface area contributed by atoms with E-state index in [9.17, 15) is 9.59 Å². The summed E-state index contributed by atoms with van der Waals surface area (Å²) in [5.41, 5.74) is 1.91. The number of halogens is 1. The number of piperidine rings is 1. The number of carbonyl (C=O) groups excluding carboxylic acids is 2. The van der Waals surface area contributed by atoms with Crippen molar-refractivity contribution in [1.29, 1.82) is 0 Å². The molecule has 1 N–H and O–H groups in total. The predicted octanol–water partition coefficient (Wildman–Crippen LogP) is 3.36. The van der Waals surface area contributed by atoms with Crippen LogP contribution in [0.4, 0.5) is 0 Å². The first-order valence-electron chi connectivity index (χ1n) is 8.72. The monoisotopic (exact) mass is 422 g/mol. The minimum absolute atomic E-state index is 0.0702. The van der Waals surface area contributed by atoms with Gasteiger partial charge in [-0.05, 0) is 46.8 Å². The van der Waals surface area contributed by atoms with E-state index in [0.29, 0.717) is 24.5 Å². The Morgan fingerprint density at radius 1 is 1.35 bits per heavy atom. The number of aromatic nitrogens is 3. The van der Waals surface area contributed by atoms with Gasteiger partial charge in [0.05, 0.1) is 17.3 Å². The summed E-state index contributed by atoms with van der Waals surface area (Å²) in [7, 11) is 1.38. The third-order valence-corrected chi connectivity index (χ3v) is 5.63. The van der Waals surface area contributed by atoms with Gasteiger partial charge in [0.2, 0.25) is 0 Å². The number of aromatic amines is 1. The van der Waals surface area contributed by atoms with Crippen LogP contribution in [0.15, 0.2) is 22.8 Å². The zero-order chi connectivity index (χ0) is 18.8. The van der Waals surface area contributed by atoms with Gasteiger partial charge in [-0.2, -0.15) is 5.10 Å². The molecule has 3 heterocycles. The molecule has 1 saturated heterocycles. The number of esters is 1. The number of H-pyrrole nitrogens is 1. The van der Waals surface area contributed by atoms with Gasteiger partial charge >= 0.3 is 5.97 Å². The van der Waals surface area contributed by atoms with Gasteiger partial charge in [0, 0.05) is 25.3 Å². The molecule has 0 saturated carbocycles. The molecule has 1 amide bonds. The number of hydrogen-bond donors (Lipinski definition) is 1. The third kappa shape index (κ3) is 3.42. The number of likely N-dealkylation sites (tertiary alicyclic amines) is 1. The molecule has 0 unspecified atom stereocenters. The van der Waals surface area contributed by atoms with Crippen molar-refractivity contribution in [2.45, 2.75) is 38.6 Å². The summed E-state index contributed by atoms with van der Waals surface area (Å²) < 4.78 is 7.54. The van der Waals surface area contributed by atoms with Gasteiger partial charge in [0.25, 0.3) is 5.91 Å². The fourth-order valence-corrected chi connectivity index (χ4v) is 4.16. The summed E-state index contributed by atoms with van der Waals surface area (Å²) in [5, 5.41) is 7.15. The van der Waals surface area contributed by atoms with E-state index in [1.807, 2.05) is 35.6 Å². The van der Waals surface area contributed by atoms with Crippen molar-refractivity contribution in [1.82, 2.24) is 19.7 Å². The van der Waals surface area contributed by atoms with Gasteiger partial charge in [0.15, 0.2) is 5.69 Å². The summed E-state index contributed by atoms with van der Waals surface area (Å²) >= 11 is 3.50. The second kappa shape index (κ2) is 7.65. The summed E-state index contributed by atoms with van der Waals surface area (Å²) in [5.74, 6) is -0.149. The number of amides is 1. The Bertz CT molecular complexity index is 803. The minimum atomic E-state index is -0.338.